The van der Waals surface area contributed by atoms with E-state index in [2.05, 4.69) is 4.90 Å². The van der Waals surface area contributed by atoms with Crippen LogP contribution in [0.5, 0.6) is 0 Å². The second-order valence-corrected chi connectivity index (χ2v) is 7.72. The first-order valence-corrected chi connectivity index (χ1v) is 8.86. The molecule has 116 valence electrons. The molecule has 3 unspecified atom stereocenters. The van der Waals surface area contributed by atoms with E-state index in [1.54, 1.807) is 0 Å². The monoisotopic (exact) mass is 280 g/mol. The summed E-state index contributed by atoms with van der Waals surface area (Å²) in [7, 11) is 0. The Morgan fingerprint density at radius 1 is 1.00 bits per heavy atom. The van der Waals surface area contributed by atoms with Crippen LogP contribution in [0.2, 0.25) is 0 Å². The summed E-state index contributed by atoms with van der Waals surface area (Å²) in [6, 6.07) is 0.323. The van der Waals surface area contributed by atoms with E-state index in [-0.39, 0.29) is 6.10 Å². The molecule has 3 aliphatic rings. The molecule has 0 bridgehead atoms. The lowest BCUT2D eigenvalue weighted by Gasteiger charge is -2.39. The average Bonchev–Trinajstić information content (AvgIpc) is 3.23. The Morgan fingerprint density at radius 3 is 2.45 bits per heavy atom. The predicted molar refractivity (Wildman–Crippen MR) is 82.4 cm³/mol. The molecule has 20 heavy (non-hydrogen) atoms. The lowest BCUT2D eigenvalue weighted by Crippen LogP contribution is -2.49. The third-order valence-corrected chi connectivity index (χ3v) is 5.63. The summed E-state index contributed by atoms with van der Waals surface area (Å²) in [5, 5.41) is 10.2. The molecular weight excluding hydrogens is 248 g/mol. The summed E-state index contributed by atoms with van der Waals surface area (Å²) >= 11 is 0. The molecule has 0 aromatic heterocycles. The molecule has 3 atom stereocenters. The van der Waals surface area contributed by atoms with Crippen LogP contribution in [0, 0.1) is 17.8 Å². The highest BCUT2D eigenvalue weighted by Gasteiger charge is 2.34. The van der Waals surface area contributed by atoms with Crippen molar-refractivity contribution >= 4 is 0 Å². The Kier molecular flexibility index (Phi) is 5.00. The number of likely N-dealkylation sites (tertiary alicyclic amines) is 1. The van der Waals surface area contributed by atoms with Gasteiger partial charge in [-0.25, -0.2) is 0 Å². The number of nitrogens with zero attached hydrogens (tertiary/aromatic N) is 1. The number of rotatable bonds is 5. The Balaban J connectivity index is 1.47. The zero-order valence-electron chi connectivity index (χ0n) is 12.8. The maximum absolute atomic E-state index is 10.2. The first kappa shape index (κ1) is 14.8. The van der Waals surface area contributed by atoms with Gasteiger partial charge in [0.15, 0.2) is 0 Å². The van der Waals surface area contributed by atoms with Gasteiger partial charge in [0.25, 0.3) is 0 Å². The Hall–Kier alpha value is -0.120. The normalized spacial score (nSPS) is 35.1. The first-order chi connectivity index (χ1) is 9.70. The van der Waals surface area contributed by atoms with Crippen LogP contribution in [0.4, 0.5) is 0 Å². The molecule has 3 fully saturated rings. The van der Waals surface area contributed by atoms with E-state index in [4.69, 9.17) is 5.73 Å². The molecule has 2 aliphatic carbocycles. The van der Waals surface area contributed by atoms with E-state index in [0.717, 1.165) is 25.3 Å². The maximum Gasteiger partial charge on any atom is 0.0571 e. The number of piperidine rings is 1. The highest BCUT2D eigenvalue weighted by molar-refractivity contribution is 4.88. The van der Waals surface area contributed by atoms with E-state index in [1.165, 1.54) is 58.0 Å². The molecule has 3 nitrogen and oxygen atoms in total. The molecule has 1 saturated heterocycles. The molecule has 0 amide bonds. The molecule has 0 radical (unpaired) electrons. The van der Waals surface area contributed by atoms with Gasteiger partial charge in [0.05, 0.1) is 6.10 Å². The lowest BCUT2D eigenvalue weighted by molar-refractivity contribution is 0.0713. The van der Waals surface area contributed by atoms with Gasteiger partial charge >= 0.3 is 0 Å². The van der Waals surface area contributed by atoms with Crippen molar-refractivity contribution in [1.82, 2.24) is 4.90 Å². The number of hydrogen-bond donors (Lipinski definition) is 2. The van der Waals surface area contributed by atoms with Gasteiger partial charge in [0.2, 0.25) is 0 Å². The second kappa shape index (κ2) is 6.76. The third kappa shape index (κ3) is 4.19. The molecule has 0 aromatic carbocycles. The van der Waals surface area contributed by atoms with Gasteiger partial charge in [-0.3, -0.25) is 0 Å². The summed E-state index contributed by atoms with van der Waals surface area (Å²) in [5.41, 5.74) is 6.26. The molecule has 3 N–H and O–H groups in total. The van der Waals surface area contributed by atoms with Gasteiger partial charge in [-0.05, 0) is 56.3 Å². The molecule has 1 aliphatic heterocycles. The minimum Gasteiger partial charge on any atom is -0.393 e. The van der Waals surface area contributed by atoms with Crippen LogP contribution >= 0.6 is 0 Å². The lowest BCUT2D eigenvalue weighted by atomic mass is 9.85. The first-order valence-electron chi connectivity index (χ1n) is 8.86. The number of nitrogens with two attached hydrogens (primary N) is 1. The van der Waals surface area contributed by atoms with Crippen LogP contribution in [0.3, 0.4) is 0 Å². The number of aliphatic hydroxyl groups is 1. The predicted octanol–water partition coefficient (Wildman–Crippen LogP) is 2.38. The summed E-state index contributed by atoms with van der Waals surface area (Å²) < 4.78 is 0. The van der Waals surface area contributed by atoms with Gasteiger partial charge in [-0.1, -0.05) is 19.3 Å². The fourth-order valence-corrected chi connectivity index (χ4v) is 4.42. The topological polar surface area (TPSA) is 49.5 Å². The van der Waals surface area contributed by atoms with Crippen molar-refractivity contribution in [2.24, 2.45) is 23.5 Å². The Bertz CT molecular complexity index is 299. The average molecular weight is 280 g/mol. The highest BCUT2D eigenvalue weighted by atomic mass is 16.3. The van der Waals surface area contributed by atoms with Gasteiger partial charge in [0, 0.05) is 25.7 Å². The van der Waals surface area contributed by atoms with Crippen LogP contribution in [0.25, 0.3) is 0 Å². The van der Waals surface area contributed by atoms with Crippen molar-refractivity contribution in [3.05, 3.63) is 0 Å². The van der Waals surface area contributed by atoms with Crippen molar-refractivity contribution in [3.63, 3.8) is 0 Å². The van der Waals surface area contributed by atoms with Crippen molar-refractivity contribution < 1.29 is 5.11 Å². The molecule has 0 spiro atoms. The summed E-state index contributed by atoms with van der Waals surface area (Å²) in [6.45, 7) is 3.50. The van der Waals surface area contributed by atoms with Crippen molar-refractivity contribution in [1.29, 1.82) is 0 Å². The zero-order valence-corrected chi connectivity index (χ0v) is 12.8. The molecule has 3 heteroatoms. The summed E-state index contributed by atoms with van der Waals surface area (Å²) in [5.74, 6) is 2.14. The smallest absolute Gasteiger partial charge is 0.0571 e. The van der Waals surface area contributed by atoms with Gasteiger partial charge < -0.3 is 15.7 Å². The van der Waals surface area contributed by atoms with E-state index < -0.39 is 0 Å². The minimum absolute atomic E-state index is 0.0539. The second-order valence-electron chi connectivity index (χ2n) is 7.72. The zero-order chi connectivity index (χ0) is 13.9. The van der Waals surface area contributed by atoms with Crippen molar-refractivity contribution in [2.45, 2.75) is 69.9 Å². The van der Waals surface area contributed by atoms with Crippen LogP contribution in [0.1, 0.15) is 57.8 Å². The minimum atomic E-state index is -0.0539. The Morgan fingerprint density at radius 2 is 1.75 bits per heavy atom. The highest BCUT2D eigenvalue weighted by Crippen LogP contribution is 2.36. The largest absolute Gasteiger partial charge is 0.393 e. The van der Waals surface area contributed by atoms with Crippen LogP contribution in [-0.2, 0) is 0 Å². The van der Waals surface area contributed by atoms with E-state index in [9.17, 15) is 5.11 Å². The summed E-state index contributed by atoms with van der Waals surface area (Å²) in [4.78, 5) is 2.61. The fourth-order valence-electron chi connectivity index (χ4n) is 4.42. The number of hydrogen-bond acceptors (Lipinski definition) is 3. The molecule has 3 rings (SSSR count). The van der Waals surface area contributed by atoms with Gasteiger partial charge in [0.1, 0.15) is 0 Å². The molecule has 0 aromatic rings. The van der Waals surface area contributed by atoms with E-state index in [0.29, 0.717) is 17.9 Å². The van der Waals surface area contributed by atoms with Gasteiger partial charge in [-0.15, -0.1) is 0 Å². The Labute approximate surface area is 123 Å². The van der Waals surface area contributed by atoms with E-state index >= 15 is 0 Å². The molecule has 1 heterocycles. The van der Waals surface area contributed by atoms with Crippen LogP contribution < -0.4 is 5.73 Å². The quantitative estimate of drug-likeness (QED) is 0.813. The van der Waals surface area contributed by atoms with Gasteiger partial charge in [-0.2, -0.15) is 0 Å². The van der Waals surface area contributed by atoms with Crippen molar-refractivity contribution in [3.8, 4) is 0 Å². The third-order valence-electron chi connectivity index (χ3n) is 5.63. The number of aliphatic hydroxyl groups excluding tert-OH is 1. The van der Waals surface area contributed by atoms with Crippen LogP contribution in [-0.4, -0.2) is 41.8 Å². The molecule has 2 saturated carbocycles. The fraction of sp³-hybridized carbons (Fsp3) is 1.00. The SMILES string of the molecule is NC1CC(CC(O)C2CC2)CN(CC2CCCCC2)C1. The van der Waals surface area contributed by atoms with Crippen molar-refractivity contribution in [2.75, 3.05) is 19.6 Å². The summed E-state index contributed by atoms with van der Waals surface area (Å²) in [6.07, 6.45) is 11.7. The van der Waals surface area contributed by atoms with E-state index in [1.807, 2.05) is 0 Å². The standard InChI is InChI=1S/C17H32N2O/c18-16-8-14(9-17(20)15-6-7-15)11-19(12-16)10-13-4-2-1-3-5-13/h13-17,20H,1-12,18H2. The van der Waals surface area contributed by atoms with Crippen LogP contribution in [0.15, 0.2) is 0 Å². The maximum atomic E-state index is 10.2. The molecular formula is C17H32N2O.